The Bertz CT molecular complexity index is 1070. The summed E-state index contributed by atoms with van der Waals surface area (Å²) in [7, 11) is -8.60. The molecule has 0 unspecified atom stereocenters. The summed E-state index contributed by atoms with van der Waals surface area (Å²) < 4.78 is 51.2. The van der Waals surface area contributed by atoms with E-state index in [9.17, 15) is 21.6 Å². The molecule has 0 radical (unpaired) electrons. The molecule has 1 heterocycles. The number of amides is 1. The lowest BCUT2D eigenvalue weighted by atomic mass is 9.75. The highest BCUT2D eigenvalue weighted by Gasteiger charge is 2.40. The van der Waals surface area contributed by atoms with E-state index < -0.39 is 35.2 Å². The van der Waals surface area contributed by atoms with Crippen LogP contribution >= 0.6 is 0 Å². The van der Waals surface area contributed by atoms with Crippen LogP contribution in [0.5, 0.6) is 0 Å². The molecule has 1 aliphatic rings. The van der Waals surface area contributed by atoms with E-state index in [0.717, 1.165) is 11.6 Å². The zero-order valence-corrected chi connectivity index (χ0v) is 16.8. The molecule has 0 aromatic heterocycles. The first kappa shape index (κ1) is 20.5. The maximum Gasteiger partial charge on any atom is 0.338 e. The topological polar surface area (TPSA) is 123 Å². The minimum atomic E-state index is -4.57. The normalized spacial score (nSPS) is 17.1. The van der Waals surface area contributed by atoms with Gasteiger partial charge in [0.1, 0.15) is 0 Å². The van der Waals surface area contributed by atoms with E-state index in [2.05, 4.69) is 5.32 Å². The number of benzene rings is 2. The van der Waals surface area contributed by atoms with E-state index in [0.29, 0.717) is 25.9 Å². The van der Waals surface area contributed by atoms with Crippen molar-refractivity contribution in [3.05, 3.63) is 60.2 Å². The molecular formula is C19H22N2O5S2. The molecule has 2 aromatic rings. The number of carbonyl (C=O) groups excluding carboxylic acids is 1. The number of sulfone groups is 2. The van der Waals surface area contributed by atoms with Crippen molar-refractivity contribution < 1.29 is 21.6 Å². The molecule has 150 valence electrons. The first-order valence-electron chi connectivity index (χ1n) is 8.82. The molecule has 0 saturated carbocycles. The summed E-state index contributed by atoms with van der Waals surface area (Å²) in [5, 5.41) is 1.66. The van der Waals surface area contributed by atoms with Crippen LogP contribution in [0.1, 0.15) is 18.4 Å². The number of carbonyl (C=O) groups is 1. The van der Waals surface area contributed by atoms with Crippen molar-refractivity contribution in [1.29, 1.82) is 0 Å². The van der Waals surface area contributed by atoms with Crippen molar-refractivity contribution >= 4 is 24.9 Å². The fraction of sp³-hybridized carbons (Fsp3) is 0.316. The van der Waals surface area contributed by atoms with Gasteiger partial charge in [-0.3, -0.25) is 4.79 Å². The number of primary amides is 1. The van der Waals surface area contributed by atoms with E-state index in [1.807, 2.05) is 30.3 Å². The molecule has 0 bridgehead atoms. The van der Waals surface area contributed by atoms with Gasteiger partial charge in [0.2, 0.25) is 0 Å². The molecule has 1 saturated heterocycles. The second-order valence-corrected chi connectivity index (χ2v) is 10.7. The minimum Gasteiger partial charge on any atom is -0.356 e. The van der Waals surface area contributed by atoms with Crippen molar-refractivity contribution in [1.82, 2.24) is 5.32 Å². The van der Waals surface area contributed by atoms with Crippen LogP contribution in [0.25, 0.3) is 0 Å². The van der Waals surface area contributed by atoms with Gasteiger partial charge in [-0.1, -0.05) is 42.5 Å². The highest BCUT2D eigenvalue weighted by molar-refractivity contribution is 8.06. The molecule has 9 heteroatoms. The number of rotatable bonds is 5. The third-order valence-electron chi connectivity index (χ3n) is 5.15. The Balaban J connectivity index is 2.10. The predicted octanol–water partition coefficient (Wildman–Crippen LogP) is 1.63. The van der Waals surface area contributed by atoms with Gasteiger partial charge in [-0.05, 0) is 43.6 Å². The molecule has 3 N–H and O–H groups in total. The fourth-order valence-corrected chi connectivity index (χ4v) is 7.21. The molecule has 0 aliphatic carbocycles. The Labute approximate surface area is 164 Å². The Morgan fingerprint density at radius 1 is 0.893 bits per heavy atom. The lowest BCUT2D eigenvalue weighted by molar-refractivity contribution is 0.265. The van der Waals surface area contributed by atoms with Gasteiger partial charge in [0.15, 0.2) is 9.84 Å². The standard InChI is InChI=1S/C19H22N2O5S2/c20-18(22)28(25,26)17-9-5-4-8-16(17)27(23,24)14-19(10-12-21-13-11-19)15-6-2-1-3-7-15/h1-9,21H,10-14H2,(H2,20,22). The maximum atomic E-state index is 13.3. The van der Waals surface area contributed by atoms with Crippen LogP contribution in [0.4, 0.5) is 4.79 Å². The van der Waals surface area contributed by atoms with Gasteiger partial charge in [0, 0.05) is 5.41 Å². The number of nitrogens with one attached hydrogen (secondary N) is 1. The highest BCUT2D eigenvalue weighted by Crippen LogP contribution is 2.37. The van der Waals surface area contributed by atoms with Crippen molar-refractivity contribution in [2.45, 2.75) is 28.0 Å². The van der Waals surface area contributed by atoms with Crippen molar-refractivity contribution in [2.24, 2.45) is 5.73 Å². The van der Waals surface area contributed by atoms with Crippen LogP contribution in [0.15, 0.2) is 64.4 Å². The molecule has 3 rings (SSSR count). The van der Waals surface area contributed by atoms with Gasteiger partial charge >= 0.3 is 5.24 Å². The smallest absolute Gasteiger partial charge is 0.338 e. The Morgan fingerprint density at radius 2 is 1.43 bits per heavy atom. The quantitative estimate of drug-likeness (QED) is 0.755. The summed E-state index contributed by atoms with van der Waals surface area (Å²) in [6.45, 7) is 1.32. The molecule has 1 aliphatic heterocycles. The Kier molecular flexibility index (Phi) is 5.60. The average Bonchev–Trinajstić information content (AvgIpc) is 2.69. The number of nitrogens with two attached hydrogens (primary N) is 1. The first-order chi connectivity index (χ1) is 13.2. The third-order valence-corrected chi connectivity index (χ3v) is 8.70. The second-order valence-electron chi connectivity index (χ2n) is 6.92. The van der Waals surface area contributed by atoms with Crippen LogP contribution < -0.4 is 11.1 Å². The van der Waals surface area contributed by atoms with Crippen LogP contribution in [0.2, 0.25) is 0 Å². The van der Waals surface area contributed by atoms with E-state index >= 15 is 0 Å². The minimum absolute atomic E-state index is 0.253. The molecule has 28 heavy (non-hydrogen) atoms. The summed E-state index contributed by atoms with van der Waals surface area (Å²) in [5.41, 5.74) is 5.24. The second kappa shape index (κ2) is 7.65. The van der Waals surface area contributed by atoms with Crippen molar-refractivity contribution in [3.63, 3.8) is 0 Å². The predicted molar refractivity (Wildman–Crippen MR) is 105 cm³/mol. The molecule has 1 amide bonds. The Morgan fingerprint density at radius 3 is 2.00 bits per heavy atom. The monoisotopic (exact) mass is 422 g/mol. The maximum absolute atomic E-state index is 13.3. The van der Waals surface area contributed by atoms with Crippen molar-refractivity contribution in [3.8, 4) is 0 Å². The average molecular weight is 423 g/mol. The highest BCUT2D eigenvalue weighted by atomic mass is 32.2. The van der Waals surface area contributed by atoms with Crippen LogP contribution in [-0.4, -0.2) is 40.9 Å². The third kappa shape index (κ3) is 3.82. The first-order valence-corrected chi connectivity index (χ1v) is 12.0. The van der Waals surface area contributed by atoms with E-state index in [1.54, 1.807) is 0 Å². The van der Waals surface area contributed by atoms with Crippen LogP contribution in [0, 0.1) is 0 Å². The molecular weight excluding hydrogens is 400 g/mol. The fourth-order valence-electron chi connectivity index (χ4n) is 3.69. The summed E-state index contributed by atoms with van der Waals surface area (Å²) >= 11 is 0. The number of hydrogen-bond acceptors (Lipinski definition) is 6. The number of hydrogen-bond donors (Lipinski definition) is 2. The van der Waals surface area contributed by atoms with E-state index in [1.165, 1.54) is 18.2 Å². The molecule has 2 aromatic carbocycles. The molecule has 1 fully saturated rings. The Hall–Kier alpha value is -2.23. The molecule has 7 nitrogen and oxygen atoms in total. The van der Waals surface area contributed by atoms with Gasteiger partial charge in [-0.25, -0.2) is 16.8 Å². The summed E-state index contributed by atoms with van der Waals surface area (Å²) in [6, 6.07) is 14.5. The zero-order chi connectivity index (χ0) is 20.4. The number of piperidine rings is 1. The van der Waals surface area contributed by atoms with Gasteiger partial charge in [0.25, 0.3) is 9.84 Å². The molecule has 0 spiro atoms. The van der Waals surface area contributed by atoms with E-state index in [4.69, 9.17) is 5.73 Å². The zero-order valence-electron chi connectivity index (χ0n) is 15.2. The largest absolute Gasteiger partial charge is 0.356 e. The summed E-state index contributed by atoms with van der Waals surface area (Å²) in [5.74, 6) is -0.253. The van der Waals surface area contributed by atoms with E-state index in [-0.39, 0.29) is 10.6 Å². The van der Waals surface area contributed by atoms with Gasteiger partial charge in [-0.2, -0.15) is 0 Å². The lowest BCUT2D eigenvalue weighted by Gasteiger charge is -2.38. The summed E-state index contributed by atoms with van der Waals surface area (Å²) in [4.78, 5) is 10.5. The van der Waals surface area contributed by atoms with Gasteiger partial charge in [0.05, 0.1) is 15.5 Å². The lowest BCUT2D eigenvalue weighted by Crippen LogP contribution is -2.44. The van der Waals surface area contributed by atoms with Crippen molar-refractivity contribution in [2.75, 3.05) is 18.8 Å². The molecule has 0 atom stereocenters. The SMILES string of the molecule is NC(=O)S(=O)(=O)c1ccccc1S(=O)(=O)CC1(c2ccccc2)CCNCC1. The van der Waals surface area contributed by atoms with Crippen LogP contribution in [-0.2, 0) is 25.1 Å². The van der Waals surface area contributed by atoms with Gasteiger partial charge < -0.3 is 11.1 Å². The van der Waals surface area contributed by atoms with Crippen LogP contribution in [0.3, 0.4) is 0 Å². The summed E-state index contributed by atoms with van der Waals surface area (Å²) in [6.07, 6.45) is 1.20. The van der Waals surface area contributed by atoms with Gasteiger partial charge in [-0.15, -0.1) is 0 Å².